The number of hydrogen-bond acceptors (Lipinski definition) is 3. The highest BCUT2D eigenvalue weighted by molar-refractivity contribution is 5.94. The van der Waals surface area contributed by atoms with E-state index in [0.29, 0.717) is 6.54 Å². The second kappa shape index (κ2) is 9.11. The lowest BCUT2D eigenvalue weighted by molar-refractivity contribution is -0.117. The maximum atomic E-state index is 12.7. The molecule has 2 N–H and O–H groups in total. The highest BCUT2D eigenvalue weighted by atomic mass is 16.2. The Hall–Kier alpha value is -2.24. The van der Waals surface area contributed by atoms with Crippen molar-refractivity contribution in [2.45, 2.75) is 65.6 Å². The Labute approximate surface area is 163 Å². The van der Waals surface area contributed by atoms with Crippen LogP contribution in [0.25, 0.3) is 0 Å². The van der Waals surface area contributed by atoms with Crippen molar-refractivity contribution in [2.24, 2.45) is 5.92 Å². The molecule has 0 aliphatic heterocycles. The fourth-order valence-electron chi connectivity index (χ4n) is 2.98. The van der Waals surface area contributed by atoms with Crippen molar-refractivity contribution in [3.8, 4) is 0 Å². The van der Waals surface area contributed by atoms with E-state index in [1.165, 1.54) is 0 Å². The van der Waals surface area contributed by atoms with E-state index in [0.717, 1.165) is 36.2 Å². The van der Waals surface area contributed by atoms with Gasteiger partial charge in [0.1, 0.15) is 0 Å². The summed E-state index contributed by atoms with van der Waals surface area (Å²) in [6.07, 6.45) is 2.83. The molecule has 0 aromatic heterocycles. The predicted molar refractivity (Wildman–Crippen MR) is 111 cm³/mol. The zero-order chi connectivity index (χ0) is 20.1. The van der Waals surface area contributed by atoms with Gasteiger partial charge in [0, 0.05) is 50.0 Å². The largest absolute Gasteiger partial charge is 0.377 e. The normalized spacial score (nSPS) is 14.6. The van der Waals surface area contributed by atoms with Crippen LogP contribution < -0.4 is 15.5 Å². The summed E-state index contributed by atoms with van der Waals surface area (Å²) >= 11 is 0. The summed E-state index contributed by atoms with van der Waals surface area (Å²) in [4.78, 5) is 28.8. The average Bonchev–Trinajstić information content (AvgIpc) is 3.43. The zero-order valence-electron chi connectivity index (χ0n) is 17.5. The Bertz CT molecular complexity index is 668. The number of nitrogens with one attached hydrogen (secondary N) is 2. The van der Waals surface area contributed by atoms with E-state index in [2.05, 4.69) is 24.5 Å². The molecular formula is C21H34N4O2. The van der Waals surface area contributed by atoms with Gasteiger partial charge in [0.2, 0.25) is 5.91 Å². The molecule has 1 aromatic rings. The van der Waals surface area contributed by atoms with Gasteiger partial charge in [0.05, 0.1) is 0 Å². The van der Waals surface area contributed by atoms with Crippen molar-refractivity contribution >= 4 is 23.3 Å². The number of nitrogens with zero attached hydrogens (tertiary/aromatic N) is 2. The van der Waals surface area contributed by atoms with Crippen LogP contribution in [0.4, 0.5) is 16.2 Å². The van der Waals surface area contributed by atoms with Crippen molar-refractivity contribution in [3.63, 3.8) is 0 Å². The fourth-order valence-corrected chi connectivity index (χ4v) is 2.98. The molecule has 3 amide bonds. The van der Waals surface area contributed by atoms with Crippen molar-refractivity contribution in [1.29, 1.82) is 0 Å². The first-order valence-corrected chi connectivity index (χ1v) is 9.91. The minimum Gasteiger partial charge on any atom is -0.377 e. The molecule has 0 spiro atoms. The second-order valence-corrected chi connectivity index (χ2v) is 7.99. The van der Waals surface area contributed by atoms with Crippen LogP contribution in [-0.4, -0.2) is 43.0 Å². The highest BCUT2D eigenvalue weighted by Crippen LogP contribution is 2.31. The van der Waals surface area contributed by atoms with Crippen LogP contribution in [0.1, 0.15) is 52.5 Å². The SMILES string of the molecule is CC[C@H](C)N(Cc1cc(NC(=O)C2CC2)ccc1N(C)C)C(=O)NC(C)C. The number of rotatable bonds is 8. The van der Waals surface area contributed by atoms with Gasteiger partial charge in [-0.1, -0.05) is 6.92 Å². The summed E-state index contributed by atoms with van der Waals surface area (Å²) in [5.74, 6) is 0.255. The smallest absolute Gasteiger partial charge is 0.318 e. The van der Waals surface area contributed by atoms with Gasteiger partial charge in [0.25, 0.3) is 0 Å². The minimum absolute atomic E-state index is 0.0588. The third-order valence-electron chi connectivity index (χ3n) is 4.91. The lowest BCUT2D eigenvalue weighted by Gasteiger charge is -2.31. The van der Waals surface area contributed by atoms with Gasteiger partial charge in [-0.15, -0.1) is 0 Å². The van der Waals surface area contributed by atoms with Crippen LogP contribution in [-0.2, 0) is 11.3 Å². The number of amides is 3. The second-order valence-electron chi connectivity index (χ2n) is 7.99. The molecule has 0 heterocycles. The number of carbonyl (C=O) groups is 2. The minimum atomic E-state index is -0.0588. The Balaban J connectivity index is 2.27. The quantitative estimate of drug-likeness (QED) is 0.727. The Kier molecular flexibility index (Phi) is 7.11. The molecule has 150 valence electrons. The molecule has 0 radical (unpaired) electrons. The first-order chi connectivity index (χ1) is 12.7. The van der Waals surface area contributed by atoms with Crippen molar-refractivity contribution < 1.29 is 9.59 Å². The zero-order valence-corrected chi connectivity index (χ0v) is 17.5. The molecular weight excluding hydrogens is 340 g/mol. The van der Waals surface area contributed by atoms with Gasteiger partial charge in [-0.3, -0.25) is 4.79 Å². The van der Waals surface area contributed by atoms with Crippen LogP contribution in [0.15, 0.2) is 18.2 Å². The van der Waals surface area contributed by atoms with E-state index in [9.17, 15) is 9.59 Å². The fraction of sp³-hybridized carbons (Fsp3) is 0.619. The molecule has 1 atom stereocenters. The molecule has 1 aliphatic rings. The van der Waals surface area contributed by atoms with E-state index in [4.69, 9.17) is 0 Å². The van der Waals surface area contributed by atoms with E-state index < -0.39 is 0 Å². The average molecular weight is 375 g/mol. The molecule has 0 unspecified atom stereocenters. The first-order valence-electron chi connectivity index (χ1n) is 9.91. The maximum Gasteiger partial charge on any atom is 0.318 e. The van der Waals surface area contributed by atoms with Crippen LogP contribution in [0, 0.1) is 5.92 Å². The topological polar surface area (TPSA) is 64.7 Å². The molecule has 0 bridgehead atoms. The maximum absolute atomic E-state index is 12.7. The molecule has 27 heavy (non-hydrogen) atoms. The lowest BCUT2D eigenvalue weighted by Crippen LogP contribution is -2.46. The number of urea groups is 1. The molecule has 6 heteroatoms. The van der Waals surface area contributed by atoms with Gasteiger partial charge in [-0.25, -0.2) is 4.79 Å². The standard InChI is InChI=1S/C21H34N4O2/c1-7-15(4)25(21(27)22-14(2)3)13-17-12-18(10-11-19(17)24(5)6)23-20(26)16-8-9-16/h10-12,14-16H,7-9,13H2,1-6H3,(H,22,27)(H,23,26)/t15-/m0/s1. The Morgan fingerprint density at radius 1 is 1.19 bits per heavy atom. The van der Waals surface area contributed by atoms with E-state index in [1.54, 1.807) is 0 Å². The predicted octanol–water partition coefficient (Wildman–Crippen LogP) is 3.82. The molecule has 0 saturated heterocycles. The van der Waals surface area contributed by atoms with Gasteiger partial charge in [0.15, 0.2) is 0 Å². The summed E-state index contributed by atoms with van der Waals surface area (Å²) in [6, 6.07) is 6.07. The van der Waals surface area contributed by atoms with Crippen LogP contribution in [0.2, 0.25) is 0 Å². The summed E-state index contributed by atoms with van der Waals surface area (Å²) in [6.45, 7) is 8.57. The van der Waals surface area contributed by atoms with E-state index >= 15 is 0 Å². The summed E-state index contributed by atoms with van der Waals surface area (Å²) in [5, 5.41) is 6.01. The van der Waals surface area contributed by atoms with Gasteiger partial charge in [-0.05, 0) is 63.8 Å². The van der Waals surface area contributed by atoms with Crippen molar-refractivity contribution in [1.82, 2.24) is 10.2 Å². The molecule has 1 aliphatic carbocycles. The molecule has 1 aromatic carbocycles. The molecule has 2 rings (SSSR count). The van der Waals surface area contributed by atoms with Crippen LogP contribution in [0.5, 0.6) is 0 Å². The molecule has 6 nitrogen and oxygen atoms in total. The van der Waals surface area contributed by atoms with Gasteiger partial charge < -0.3 is 20.4 Å². The van der Waals surface area contributed by atoms with Crippen molar-refractivity contribution in [2.75, 3.05) is 24.3 Å². The monoisotopic (exact) mass is 374 g/mol. The molecule has 1 saturated carbocycles. The third kappa shape index (κ3) is 5.88. The number of hydrogen-bond donors (Lipinski definition) is 2. The van der Waals surface area contributed by atoms with E-state index in [-0.39, 0.29) is 29.9 Å². The van der Waals surface area contributed by atoms with Crippen LogP contribution >= 0.6 is 0 Å². The summed E-state index contributed by atoms with van der Waals surface area (Å²) in [5.41, 5.74) is 2.86. The summed E-state index contributed by atoms with van der Waals surface area (Å²) < 4.78 is 0. The number of carbonyl (C=O) groups excluding carboxylic acids is 2. The van der Waals surface area contributed by atoms with Crippen LogP contribution in [0.3, 0.4) is 0 Å². The highest BCUT2D eigenvalue weighted by Gasteiger charge is 2.29. The van der Waals surface area contributed by atoms with E-state index in [1.807, 2.05) is 55.9 Å². The number of anilines is 2. The van der Waals surface area contributed by atoms with Crippen molar-refractivity contribution in [3.05, 3.63) is 23.8 Å². The van der Waals surface area contributed by atoms with Gasteiger partial charge in [-0.2, -0.15) is 0 Å². The summed E-state index contributed by atoms with van der Waals surface area (Å²) in [7, 11) is 3.98. The third-order valence-corrected chi connectivity index (χ3v) is 4.91. The van der Waals surface area contributed by atoms with Gasteiger partial charge >= 0.3 is 6.03 Å². The molecule has 1 fully saturated rings. The Morgan fingerprint density at radius 2 is 1.85 bits per heavy atom. The first kappa shape index (κ1) is 21.1. The Morgan fingerprint density at radius 3 is 2.37 bits per heavy atom. The number of benzene rings is 1. The lowest BCUT2D eigenvalue weighted by atomic mass is 10.1.